The Hall–Kier alpha value is -1.59. The monoisotopic (exact) mass is 330 g/mol. The molecular weight excluding hydrogens is 300 g/mol. The molecule has 0 saturated carbocycles. The molecule has 0 amide bonds. The Bertz CT molecular complexity index is 493. The zero-order chi connectivity index (χ0) is 16.5. The molecule has 24 heavy (non-hydrogen) atoms. The van der Waals surface area contributed by atoms with Gasteiger partial charge < -0.3 is 15.0 Å². The van der Waals surface area contributed by atoms with E-state index in [0.717, 1.165) is 70.6 Å². The van der Waals surface area contributed by atoms with Crippen LogP contribution in [0.2, 0.25) is 0 Å². The minimum Gasteiger partial charge on any atom is -0.379 e. The third-order valence-electron chi connectivity index (χ3n) is 4.68. The van der Waals surface area contributed by atoms with Crippen LogP contribution in [0.1, 0.15) is 25.7 Å². The van der Waals surface area contributed by atoms with Gasteiger partial charge in [-0.3, -0.25) is 9.89 Å². The van der Waals surface area contributed by atoms with E-state index in [4.69, 9.17) is 9.73 Å². The molecule has 1 aromatic rings. The fraction of sp³-hybridized carbons (Fsp3) is 0.632. The molecule has 0 unspecified atom stereocenters. The number of aliphatic imine (C=N–C) groups is 1. The van der Waals surface area contributed by atoms with E-state index in [9.17, 15) is 0 Å². The maximum Gasteiger partial charge on any atom is 0.198 e. The molecule has 5 nitrogen and oxygen atoms in total. The standard InChI is InChI=1S/C19H30N4O/c1-3-8-18(9-4-1)21-19(23-12-5-2-6-13-23)20-10-7-11-22-14-16-24-17-15-22/h1,3-4,8-9H,2,5-7,10-17H2,(H,20,21). The number of benzene rings is 1. The van der Waals surface area contributed by atoms with Crippen LogP contribution in [-0.2, 0) is 4.74 Å². The lowest BCUT2D eigenvalue weighted by Crippen LogP contribution is -2.40. The van der Waals surface area contributed by atoms with Crippen LogP contribution in [0, 0.1) is 0 Å². The van der Waals surface area contributed by atoms with Crippen molar-refractivity contribution in [2.24, 2.45) is 4.99 Å². The van der Waals surface area contributed by atoms with E-state index in [1.165, 1.54) is 19.3 Å². The summed E-state index contributed by atoms with van der Waals surface area (Å²) in [6.45, 7) is 8.09. The molecule has 0 radical (unpaired) electrons. The number of rotatable bonds is 5. The number of nitrogens with one attached hydrogen (secondary N) is 1. The number of nitrogens with zero attached hydrogens (tertiary/aromatic N) is 3. The van der Waals surface area contributed by atoms with E-state index < -0.39 is 0 Å². The summed E-state index contributed by atoms with van der Waals surface area (Å²) in [4.78, 5) is 9.78. The van der Waals surface area contributed by atoms with Gasteiger partial charge in [0.05, 0.1) is 13.2 Å². The van der Waals surface area contributed by atoms with Crippen molar-refractivity contribution in [3.63, 3.8) is 0 Å². The van der Waals surface area contributed by atoms with Gasteiger partial charge >= 0.3 is 0 Å². The highest BCUT2D eigenvalue weighted by Gasteiger charge is 2.15. The molecule has 5 heteroatoms. The van der Waals surface area contributed by atoms with E-state index in [2.05, 4.69) is 39.4 Å². The van der Waals surface area contributed by atoms with Crippen LogP contribution < -0.4 is 5.32 Å². The van der Waals surface area contributed by atoms with Crippen LogP contribution in [0.25, 0.3) is 0 Å². The van der Waals surface area contributed by atoms with E-state index in [1.807, 2.05) is 6.07 Å². The quantitative estimate of drug-likeness (QED) is 0.512. The molecule has 0 bridgehead atoms. The van der Waals surface area contributed by atoms with Crippen LogP contribution in [0.4, 0.5) is 5.69 Å². The molecule has 0 aliphatic carbocycles. The number of anilines is 1. The number of hydrogen-bond donors (Lipinski definition) is 1. The molecule has 0 aromatic heterocycles. The SMILES string of the molecule is c1ccc(NC(=NCCCN2CCOCC2)N2CCCCC2)cc1. The van der Waals surface area contributed by atoms with Gasteiger partial charge in [0.15, 0.2) is 5.96 Å². The zero-order valence-electron chi connectivity index (χ0n) is 14.6. The first-order chi connectivity index (χ1) is 11.9. The maximum absolute atomic E-state index is 5.40. The Morgan fingerprint density at radius 2 is 1.75 bits per heavy atom. The normalized spacial score (nSPS) is 20.2. The lowest BCUT2D eigenvalue weighted by molar-refractivity contribution is 0.0377. The van der Waals surface area contributed by atoms with Crippen molar-refractivity contribution in [3.8, 4) is 0 Å². The van der Waals surface area contributed by atoms with Gasteiger partial charge in [-0.05, 0) is 37.8 Å². The molecule has 2 heterocycles. The predicted octanol–water partition coefficient (Wildman–Crippen LogP) is 2.66. The lowest BCUT2D eigenvalue weighted by Gasteiger charge is -2.30. The number of piperidine rings is 1. The number of hydrogen-bond acceptors (Lipinski definition) is 3. The van der Waals surface area contributed by atoms with Gasteiger partial charge in [0.25, 0.3) is 0 Å². The van der Waals surface area contributed by atoms with E-state index in [1.54, 1.807) is 0 Å². The second kappa shape index (κ2) is 9.64. The molecule has 132 valence electrons. The van der Waals surface area contributed by atoms with Crippen molar-refractivity contribution in [3.05, 3.63) is 30.3 Å². The van der Waals surface area contributed by atoms with Crippen LogP contribution >= 0.6 is 0 Å². The first kappa shape index (κ1) is 17.2. The van der Waals surface area contributed by atoms with Gasteiger partial charge in [-0.25, -0.2) is 0 Å². The van der Waals surface area contributed by atoms with Crippen LogP contribution in [-0.4, -0.2) is 68.2 Å². The lowest BCUT2D eigenvalue weighted by atomic mass is 10.1. The first-order valence-corrected chi connectivity index (χ1v) is 9.33. The van der Waals surface area contributed by atoms with Crippen molar-refractivity contribution in [2.75, 3.05) is 57.8 Å². The summed E-state index contributed by atoms with van der Waals surface area (Å²) in [6.07, 6.45) is 4.98. The van der Waals surface area contributed by atoms with Crippen molar-refractivity contribution >= 4 is 11.6 Å². The summed E-state index contributed by atoms with van der Waals surface area (Å²) >= 11 is 0. The molecule has 1 aromatic carbocycles. The molecule has 0 atom stereocenters. The molecule has 2 fully saturated rings. The van der Waals surface area contributed by atoms with Crippen molar-refractivity contribution in [2.45, 2.75) is 25.7 Å². The van der Waals surface area contributed by atoms with E-state index in [0.29, 0.717) is 0 Å². The number of guanidine groups is 1. The molecule has 2 saturated heterocycles. The Labute approximate surface area is 145 Å². The summed E-state index contributed by atoms with van der Waals surface area (Å²) in [5.41, 5.74) is 1.12. The Morgan fingerprint density at radius 3 is 2.50 bits per heavy atom. The highest BCUT2D eigenvalue weighted by Crippen LogP contribution is 2.12. The summed E-state index contributed by atoms with van der Waals surface area (Å²) in [5, 5.41) is 3.53. The van der Waals surface area contributed by atoms with E-state index in [-0.39, 0.29) is 0 Å². The summed E-state index contributed by atoms with van der Waals surface area (Å²) in [7, 11) is 0. The van der Waals surface area contributed by atoms with Crippen molar-refractivity contribution < 1.29 is 4.74 Å². The molecule has 0 spiro atoms. The van der Waals surface area contributed by atoms with Crippen LogP contribution in [0.15, 0.2) is 35.3 Å². The molecule has 2 aliphatic heterocycles. The summed E-state index contributed by atoms with van der Waals surface area (Å²) in [5.74, 6) is 1.04. The first-order valence-electron chi connectivity index (χ1n) is 9.33. The fourth-order valence-corrected chi connectivity index (χ4v) is 3.28. The third-order valence-corrected chi connectivity index (χ3v) is 4.68. The average molecular weight is 330 g/mol. The second-order valence-corrected chi connectivity index (χ2v) is 6.55. The Morgan fingerprint density at radius 1 is 1.00 bits per heavy atom. The fourth-order valence-electron chi connectivity index (χ4n) is 3.28. The second-order valence-electron chi connectivity index (χ2n) is 6.55. The van der Waals surface area contributed by atoms with Crippen LogP contribution in [0.5, 0.6) is 0 Å². The van der Waals surface area contributed by atoms with Crippen LogP contribution in [0.3, 0.4) is 0 Å². The van der Waals surface area contributed by atoms with Gasteiger partial charge in [0.1, 0.15) is 0 Å². The number of morpholine rings is 1. The average Bonchev–Trinajstić information content (AvgIpc) is 2.66. The molecule has 3 rings (SSSR count). The maximum atomic E-state index is 5.40. The zero-order valence-corrected chi connectivity index (χ0v) is 14.6. The number of para-hydroxylation sites is 1. The highest BCUT2D eigenvalue weighted by atomic mass is 16.5. The minimum atomic E-state index is 0.873. The van der Waals surface area contributed by atoms with Gasteiger partial charge in [0, 0.05) is 45.0 Å². The highest BCUT2D eigenvalue weighted by molar-refractivity contribution is 5.93. The molecular formula is C19H30N4O. The molecule has 2 aliphatic rings. The van der Waals surface area contributed by atoms with Gasteiger partial charge in [-0.15, -0.1) is 0 Å². The number of likely N-dealkylation sites (tertiary alicyclic amines) is 1. The predicted molar refractivity (Wildman–Crippen MR) is 99.7 cm³/mol. The van der Waals surface area contributed by atoms with Gasteiger partial charge in [-0.2, -0.15) is 0 Å². The topological polar surface area (TPSA) is 40.1 Å². The Balaban J connectivity index is 1.53. The smallest absolute Gasteiger partial charge is 0.198 e. The molecule has 1 N–H and O–H groups in total. The third kappa shape index (κ3) is 5.49. The summed E-state index contributed by atoms with van der Waals surface area (Å²) < 4.78 is 5.40. The minimum absolute atomic E-state index is 0.873. The van der Waals surface area contributed by atoms with E-state index >= 15 is 0 Å². The largest absolute Gasteiger partial charge is 0.379 e. The van der Waals surface area contributed by atoms with Gasteiger partial charge in [-0.1, -0.05) is 18.2 Å². The Kier molecular flexibility index (Phi) is 6.93. The van der Waals surface area contributed by atoms with Crippen molar-refractivity contribution in [1.29, 1.82) is 0 Å². The van der Waals surface area contributed by atoms with Crippen molar-refractivity contribution in [1.82, 2.24) is 9.80 Å². The number of ether oxygens (including phenoxy) is 1. The summed E-state index contributed by atoms with van der Waals surface area (Å²) in [6, 6.07) is 10.4. The van der Waals surface area contributed by atoms with Gasteiger partial charge in [0.2, 0.25) is 0 Å².